The van der Waals surface area contributed by atoms with Crippen LogP contribution in [0.25, 0.3) is 11.0 Å². The average Bonchev–Trinajstić information content (AvgIpc) is 2.52. The van der Waals surface area contributed by atoms with E-state index in [4.69, 9.17) is 47.3 Å². The van der Waals surface area contributed by atoms with Gasteiger partial charge in [-0.05, 0) is 71.6 Å². The molecule has 0 radical (unpaired) electrons. The monoisotopic (exact) mass is 1230 g/mol. The highest BCUT2D eigenvalue weighted by Gasteiger charge is 2.53. The van der Waals surface area contributed by atoms with E-state index in [0.717, 1.165) is 57.7 Å². The van der Waals surface area contributed by atoms with E-state index in [1.165, 1.54) is 37.7 Å². The molecule has 2 fully saturated rings. The SMILES string of the molecule is COC(=O)[C@H](C)NC(=O)[C@H](CSc1nnc(SCCO[C@@H]2O[C@H](COC(C)=O)[C@@H](OC(C)=O)[C@H](OC(C)=O)[C@H]2OC(C)=O)c2c1C1CC2[C@@H](COC(=O)CCNc2ccc([N+](=O)[O-])c3nonc23)C1)NC(=O)[C@H](C)NC(=O)OCc1ccccc1. The minimum Gasteiger partial charge on any atom is -0.467 e. The fraction of sp³-hybridized carbons (Fsp3) is 0.528. The number of hydrogen-bond acceptors (Lipinski definition) is 28. The first-order valence-corrected chi connectivity index (χ1v) is 28.6. The maximum absolute atomic E-state index is 13.9. The van der Waals surface area contributed by atoms with E-state index < -0.39 is 114 Å². The van der Waals surface area contributed by atoms with Crippen molar-refractivity contribution in [2.24, 2.45) is 5.92 Å². The highest BCUT2D eigenvalue weighted by atomic mass is 32.2. The number of aromatic nitrogens is 4. The Morgan fingerprint density at radius 3 is 2.11 bits per heavy atom. The Labute approximate surface area is 493 Å². The minimum absolute atomic E-state index is 0.0218. The van der Waals surface area contributed by atoms with Crippen molar-refractivity contribution in [3.63, 3.8) is 0 Å². The highest BCUT2D eigenvalue weighted by molar-refractivity contribution is 7.99. The molecule has 30 nitrogen and oxygen atoms in total. The predicted molar refractivity (Wildman–Crippen MR) is 293 cm³/mol. The van der Waals surface area contributed by atoms with Crippen molar-refractivity contribution in [3.05, 3.63) is 69.3 Å². The molecule has 32 heteroatoms. The Morgan fingerprint density at radius 1 is 0.741 bits per heavy atom. The van der Waals surface area contributed by atoms with Gasteiger partial charge in [0.25, 0.3) is 0 Å². The number of anilines is 1. The van der Waals surface area contributed by atoms with Gasteiger partial charge < -0.3 is 63.9 Å². The summed E-state index contributed by atoms with van der Waals surface area (Å²) in [6, 6.07) is 7.94. The molecule has 2 aliphatic carbocycles. The molecule has 2 bridgehead atoms. The van der Waals surface area contributed by atoms with Crippen LogP contribution in [-0.4, -0.2) is 173 Å². The number of benzene rings is 2. The van der Waals surface area contributed by atoms with Crippen LogP contribution >= 0.6 is 23.5 Å². The van der Waals surface area contributed by atoms with Crippen LogP contribution in [0.3, 0.4) is 0 Å². The number of non-ortho nitro benzene ring substituents is 1. The molecular weight excluding hydrogens is 1160 g/mol. The molecule has 2 aromatic carbocycles. The van der Waals surface area contributed by atoms with Gasteiger partial charge in [-0.1, -0.05) is 30.3 Å². The third-order valence-electron chi connectivity index (χ3n) is 13.6. The summed E-state index contributed by atoms with van der Waals surface area (Å²) in [6.07, 6.45) is -6.86. The van der Waals surface area contributed by atoms with Crippen molar-refractivity contribution in [2.75, 3.05) is 50.3 Å². The zero-order chi connectivity index (χ0) is 61.5. The van der Waals surface area contributed by atoms with E-state index in [-0.39, 0.29) is 78.8 Å². The molecule has 4 N–H and O–H groups in total. The number of carbonyl (C=O) groups is 9. The smallest absolute Gasteiger partial charge is 0.408 e. The number of thioether (sulfide) groups is 2. The van der Waals surface area contributed by atoms with Crippen molar-refractivity contribution >= 4 is 99.7 Å². The second-order valence-corrected chi connectivity index (χ2v) is 21.8. The van der Waals surface area contributed by atoms with Crippen LogP contribution in [0.2, 0.25) is 0 Å². The van der Waals surface area contributed by atoms with Gasteiger partial charge in [0.1, 0.15) is 47.5 Å². The number of amides is 3. The topological polar surface area (TPSA) is 393 Å². The molecule has 1 aliphatic heterocycles. The van der Waals surface area contributed by atoms with Crippen LogP contribution in [-0.2, 0) is 87.6 Å². The minimum atomic E-state index is -1.47. The lowest BCUT2D eigenvalue weighted by molar-refractivity contribution is -0.383. The Balaban J connectivity index is 1.09. The molecule has 3 aliphatic rings. The molecule has 2 unspecified atom stereocenters. The summed E-state index contributed by atoms with van der Waals surface area (Å²) in [5, 5.41) is 39.7. The molecule has 7 rings (SSSR count). The van der Waals surface area contributed by atoms with Crippen LogP contribution in [0.5, 0.6) is 0 Å². The van der Waals surface area contributed by atoms with E-state index in [2.05, 4.69) is 41.8 Å². The van der Waals surface area contributed by atoms with E-state index in [9.17, 15) is 53.3 Å². The maximum Gasteiger partial charge on any atom is 0.408 e. The van der Waals surface area contributed by atoms with Gasteiger partial charge >= 0.3 is 47.6 Å². The van der Waals surface area contributed by atoms with Crippen LogP contribution in [0.1, 0.15) is 89.3 Å². The number of methoxy groups -OCH3 is 1. The van der Waals surface area contributed by atoms with Crippen molar-refractivity contribution in [3.8, 4) is 0 Å². The summed E-state index contributed by atoms with van der Waals surface area (Å²) < 4.78 is 54.6. The first kappa shape index (κ1) is 64.3. The Kier molecular flexibility index (Phi) is 22.7. The summed E-state index contributed by atoms with van der Waals surface area (Å²) >= 11 is 2.35. The second kappa shape index (κ2) is 30.0. The fourth-order valence-corrected chi connectivity index (χ4v) is 11.8. The quantitative estimate of drug-likeness (QED) is 0.0158. The fourth-order valence-electron chi connectivity index (χ4n) is 9.83. The van der Waals surface area contributed by atoms with Crippen LogP contribution < -0.4 is 21.3 Å². The summed E-state index contributed by atoms with van der Waals surface area (Å²) in [6.45, 7) is 6.69. The average molecular weight is 1230 g/mol. The van der Waals surface area contributed by atoms with Crippen molar-refractivity contribution in [1.29, 1.82) is 0 Å². The van der Waals surface area contributed by atoms with Crippen molar-refractivity contribution in [2.45, 2.75) is 138 Å². The van der Waals surface area contributed by atoms with Gasteiger partial charge in [0.2, 0.25) is 17.3 Å². The molecule has 0 spiro atoms. The van der Waals surface area contributed by atoms with Gasteiger partial charge in [0, 0.05) is 57.7 Å². The van der Waals surface area contributed by atoms with Crippen LogP contribution in [0.15, 0.2) is 57.1 Å². The predicted octanol–water partition coefficient (Wildman–Crippen LogP) is 3.32. The third-order valence-corrected chi connectivity index (χ3v) is 15.6. The summed E-state index contributed by atoms with van der Waals surface area (Å²) in [7, 11) is 1.15. The zero-order valence-corrected chi connectivity index (χ0v) is 48.7. The van der Waals surface area contributed by atoms with Gasteiger partial charge in [0.15, 0.2) is 30.1 Å². The lowest BCUT2D eigenvalue weighted by Gasteiger charge is -2.44. The number of rotatable bonds is 28. The first-order valence-electron chi connectivity index (χ1n) is 26.6. The zero-order valence-electron chi connectivity index (χ0n) is 47.1. The summed E-state index contributed by atoms with van der Waals surface area (Å²) in [5.74, 6) is -6.48. The lowest BCUT2D eigenvalue weighted by atomic mass is 9.85. The van der Waals surface area contributed by atoms with Gasteiger partial charge in [-0.15, -0.1) is 33.7 Å². The molecule has 11 atom stereocenters. The third kappa shape index (κ3) is 17.2. The van der Waals surface area contributed by atoms with E-state index in [1.54, 1.807) is 30.3 Å². The van der Waals surface area contributed by atoms with Gasteiger partial charge in [-0.2, -0.15) is 0 Å². The van der Waals surface area contributed by atoms with Crippen molar-refractivity contribution in [1.82, 2.24) is 36.5 Å². The van der Waals surface area contributed by atoms with Gasteiger partial charge in [0.05, 0.1) is 37.4 Å². The summed E-state index contributed by atoms with van der Waals surface area (Å²) in [5.41, 5.74) is 2.41. The molecule has 2 aromatic heterocycles. The molecule has 1 saturated carbocycles. The van der Waals surface area contributed by atoms with Crippen LogP contribution in [0.4, 0.5) is 16.2 Å². The molecule has 3 amide bonds. The Hall–Kier alpha value is -8.23. The van der Waals surface area contributed by atoms with Gasteiger partial charge in [-0.25, -0.2) is 14.2 Å². The highest BCUT2D eigenvalue weighted by Crippen LogP contribution is 2.59. The number of nitro benzene ring substituents is 1. The van der Waals surface area contributed by atoms with E-state index >= 15 is 0 Å². The number of nitro groups is 1. The second-order valence-electron chi connectivity index (χ2n) is 19.7. The number of alkyl carbamates (subject to hydrolysis) is 1. The molecule has 4 aromatic rings. The molecule has 1 saturated heterocycles. The van der Waals surface area contributed by atoms with Crippen molar-refractivity contribution < 1.29 is 95.3 Å². The summed E-state index contributed by atoms with van der Waals surface area (Å²) in [4.78, 5) is 126. The Morgan fingerprint density at radius 2 is 1.42 bits per heavy atom. The number of nitrogens with zero attached hydrogens (tertiary/aromatic N) is 5. The molecule has 85 heavy (non-hydrogen) atoms. The first-order chi connectivity index (χ1) is 40.6. The van der Waals surface area contributed by atoms with E-state index in [1.807, 2.05) is 0 Å². The maximum atomic E-state index is 13.9. The number of esters is 6. The molecular formula is C53H63N9O21S2. The largest absolute Gasteiger partial charge is 0.467 e. The lowest BCUT2D eigenvalue weighted by Crippen LogP contribution is -2.63. The Bertz CT molecular complexity index is 3120. The number of nitrogens with one attached hydrogen (secondary N) is 4. The number of carbonyl (C=O) groups excluding carboxylic acids is 9. The van der Waals surface area contributed by atoms with E-state index in [0.29, 0.717) is 34.1 Å². The van der Waals surface area contributed by atoms with Crippen LogP contribution in [0, 0.1) is 16.0 Å². The molecule has 458 valence electrons. The standard InChI is InChI=1S/C53H63N9O21S2/c1-25(56-53(71)78-21-31-11-9-8-10-12-31)47(68)57-36(48(69)55-26(2)51(70)74-7)24-85-49-40-32-19-33(22-77-39(67)15-16-54-35-13-14-37(62(72)73)43-42(35)60-83-61-43)34(20-32)41(40)50(59-58-49)84-18-17-75-52-46(81-30(6)66)45(80-29(5)65)44(79-28(4)64)38(82-52)23-76-27(3)63/h8-14,25-26,32-34,36,38,44-46,52,54H,15-24H2,1-7H3,(H,55,69)(H,56,71)(H,57,68)/t25-,26-,32?,33+,34?,36-,38+,44+,45-,46+,52+/m0/s1. The normalized spacial score (nSPS) is 21.2. The number of fused-ring (bicyclic) bond motifs is 6. The number of ether oxygens (including phenoxy) is 9. The van der Waals surface area contributed by atoms with Gasteiger partial charge in [-0.3, -0.25) is 43.7 Å². The molecule has 3 heterocycles. The number of hydrogen-bond donors (Lipinski definition) is 4.